The van der Waals surface area contributed by atoms with Gasteiger partial charge in [0.25, 0.3) is 5.92 Å². The van der Waals surface area contributed by atoms with Crippen LogP contribution in [0.5, 0.6) is 0 Å². The molecular weight excluding hydrogens is 311 g/mol. The Hall–Kier alpha value is -1.64. The van der Waals surface area contributed by atoms with Crippen LogP contribution in [0.4, 0.5) is 13.2 Å². The number of benzene rings is 1. The second-order valence-corrected chi connectivity index (χ2v) is 5.38. The van der Waals surface area contributed by atoms with E-state index in [1.165, 1.54) is 18.2 Å². The topological polar surface area (TPSA) is 67.6 Å². The Balaban J connectivity index is 2.17. The highest BCUT2D eigenvalue weighted by Crippen LogP contribution is 2.23. The lowest BCUT2D eigenvalue weighted by Crippen LogP contribution is -2.49. The van der Waals surface area contributed by atoms with Crippen LogP contribution in [0.1, 0.15) is 11.6 Å². The fraction of sp³-hybridized carbons (Fsp3) is 0.533. The second-order valence-electron chi connectivity index (χ2n) is 5.38. The van der Waals surface area contributed by atoms with Gasteiger partial charge in [-0.15, -0.1) is 0 Å². The minimum atomic E-state index is -3.17. The van der Waals surface area contributed by atoms with Crippen molar-refractivity contribution in [3.05, 3.63) is 35.6 Å². The summed E-state index contributed by atoms with van der Waals surface area (Å²) in [5, 5.41) is 2.22. The van der Waals surface area contributed by atoms with Crippen LogP contribution in [-0.2, 0) is 9.53 Å². The van der Waals surface area contributed by atoms with E-state index in [-0.39, 0.29) is 0 Å². The molecule has 1 amide bonds. The Bertz CT molecular complexity index is 536. The molecule has 1 aromatic carbocycles. The largest absolute Gasteiger partial charge is 0.379 e. The molecule has 8 heteroatoms. The molecule has 0 radical (unpaired) electrons. The zero-order valence-electron chi connectivity index (χ0n) is 12.6. The van der Waals surface area contributed by atoms with Gasteiger partial charge in [-0.25, -0.2) is 13.2 Å². The second kappa shape index (κ2) is 7.76. The predicted molar refractivity (Wildman–Crippen MR) is 78.5 cm³/mol. The summed E-state index contributed by atoms with van der Waals surface area (Å²) in [5.41, 5.74) is 5.38. The number of halogens is 3. The summed E-state index contributed by atoms with van der Waals surface area (Å²) < 4.78 is 45.2. The SMILES string of the molecule is NCC(F)(F)CNC(=O)C(c1cccc(F)c1)N1CCOCC1. The highest BCUT2D eigenvalue weighted by molar-refractivity contribution is 5.83. The molecule has 1 saturated heterocycles. The van der Waals surface area contributed by atoms with Crippen LogP contribution in [0.3, 0.4) is 0 Å². The van der Waals surface area contributed by atoms with E-state index < -0.39 is 36.8 Å². The molecule has 1 aromatic rings. The molecule has 0 bridgehead atoms. The quantitative estimate of drug-likeness (QED) is 0.813. The Morgan fingerprint density at radius 1 is 1.39 bits per heavy atom. The molecule has 1 atom stereocenters. The van der Waals surface area contributed by atoms with Crippen LogP contribution in [0.25, 0.3) is 0 Å². The summed E-state index contributed by atoms with van der Waals surface area (Å²) >= 11 is 0. The van der Waals surface area contributed by atoms with Crippen molar-refractivity contribution in [1.82, 2.24) is 10.2 Å². The van der Waals surface area contributed by atoms with Crippen molar-refractivity contribution in [2.24, 2.45) is 5.73 Å². The molecule has 1 heterocycles. The molecule has 5 nitrogen and oxygen atoms in total. The molecule has 128 valence electrons. The highest BCUT2D eigenvalue weighted by Gasteiger charge is 2.33. The van der Waals surface area contributed by atoms with E-state index in [0.29, 0.717) is 31.9 Å². The number of hydrogen-bond donors (Lipinski definition) is 2. The molecule has 0 spiro atoms. The molecule has 23 heavy (non-hydrogen) atoms. The van der Waals surface area contributed by atoms with Crippen molar-refractivity contribution in [3.8, 4) is 0 Å². The van der Waals surface area contributed by atoms with Crippen molar-refractivity contribution in [2.45, 2.75) is 12.0 Å². The first-order valence-corrected chi connectivity index (χ1v) is 7.36. The minimum absolute atomic E-state index is 0.417. The van der Waals surface area contributed by atoms with Crippen LogP contribution >= 0.6 is 0 Å². The summed E-state index contributed by atoms with van der Waals surface area (Å²) in [6, 6.07) is 4.74. The lowest BCUT2D eigenvalue weighted by molar-refractivity contribution is -0.130. The minimum Gasteiger partial charge on any atom is -0.379 e. The fourth-order valence-corrected chi connectivity index (χ4v) is 2.43. The lowest BCUT2D eigenvalue weighted by atomic mass is 10.0. The highest BCUT2D eigenvalue weighted by atomic mass is 19.3. The van der Waals surface area contributed by atoms with E-state index in [1.807, 2.05) is 0 Å². The first-order valence-electron chi connectivity index (χ1n) is 7.36. The van der Waals surface area contributed by atoms with Gasteiger partial charge < -0.3 is 15.8 Å². The molecule has 0 aliphatic carbocycles. The van der Waals surface area contributed by atoms with Gasteiger partial charge in [0.05, 0.1) is 26.3 Å². The van der Waals surface area contributed by atoms with Gasteiger partial charge >= 0.3 is 0 Å². The van der Waals surface area contributed by atoms with Crippen molar-refractivity contribution in [3.63, 3.8) is 0 Å². The van der Waals surface area contributed by atoms with E-state index in [2.05, 4.69) is 5.32 Å². The maximum Gasteiger partial charge on any atom is 0.277 e. The summed E-state index contributed by atoms with van der Waals surface area (Å²) in [7, 11) is 0. The van der Waals surface area contributed by atoms with Crippen LogP contribution < -0.4 is 11.1 Å². The van der Waals surface area contributed by atoms with Crippen molar-refractivity contribution >= 4 is 5.91 Å². The summed E-state index contributed by atoms with van der Waals surface area (Å²) in [6.07, 6.45) is 0. The van der Waals surface area contributed by atoms with Gasteiger partial charge in [0, 0.05) is 13.1 Å². The number of nitrogens with one attached hydrogen (secondary N) is 1. The number of carbonyl (C=O) groups excluding carboxylic acids is 1. The van der Waals surface area contributed by atoms with Gasteiger partial charge in [0.1, 0.15) is 11.9 Å². The van der Waals surface area contributed by atoms with Crippen molar-refractivity contribution in [2.75, 3.05) is 39.4 Å². The van der Waals surface area contributed by atoms with E-state index in [1.54, 1.807) is 11.0 Å². The normalized spacial score (nSPS) is 17.7. The molecule has 3 N–H and O–H groups in total. The molecule has 1 unspecified atom stereocenters. The molecule has 2 rings (SSSR count). The predicted octanol–water partition coefficient (Wildman–Crippen LogP) is 0.909. The number of carbonyl (C=O) groups is 1. The Kier molecular flexibility index (Phi) is 5.97. The summed E-state index contributed by atoms with van der Waals surface area (Å²) in [4.78, 5) is 14.2. The monoisotopic (exact) mass is 331 g/mol. The summed E-state index contributed by atoms with van der Waals surface area (Å²) in [6.45, 7) is 0.0772. The first-order chi connectivity index (χ1) is 10.9. The molecule has 1 aliphatic heterocycles. The van der Waals surface area contributed by atoms with E-state index in [9.17, 15) is 18.0 Å². The molecule has 1 fully saturated rings. The number of rotatable bonds is 6. The van der Waals surface area contributed by atoms with Crippen LogP contribution in [-0.4, -0.2) is 56.1 Å². The zero-order chi connectivity index (χ0) is 16.9. The van der Waals surface area contributed by atoms with E-state index >= 15 is 0 Å². The Morgan fingerprint density at radius 2 is 2.09 bits per heavy atom. The first kappa shape index (κ1) is 17.7. The zero-order valence-corrected chi connectivity index (χ0v) is 12.6. The van der Waals surface area contributed by atoms with Gasteiger partial charge in [0.2, 0.25) is 5.91 Å². The number of hydrogen-bond acceptors (Lipinski definition) is 4. The van der Waals surface area contributed by atoms with Gasteiger partial charge in [0.15, 0.2) is 0 Å². The number of alkyl halides is 2. The van der Waals surface area contributed by atoms with Crippen LogP contribution in [0, 0.1) is 5.82 Å². The average molecular weight is 331 g/mol. The maximum absolute atomic E-state index is 13.5. The van der Waals surface area contributed by atoms with E-state index in [0.717, 1.165) is 0 Å². The van der Waals surface area contributed by atoms with Crippen LogP contribution in [0.15, 0.2) is 24.3 Å². The Labute approximate surface area is 132 Å². The number of amides is 1. The number of ether oxygens (including phenoxy) is 1. The average Bonchev–Trinajstić information content (AvgIpc) is 2.54. The van der Waals surface area contributed by atoms with Crippen molar-refractivity contribution in [1.29, 1.82) is 0 Å². The van der Waals surface area contributed by atoms with Gasteiger partial charge in [-0.2, -0.15) is 0 Å². The third-order valence-corrected chi connectivity index (χ3v) is 3.64. The molecule has 0 aromatic heterocycles. The fourth-order valence-electron chi connectivity index (χ4n) is 2.43. The van der Waals surface area contributed by atoms with Gasteiger partial charge in [-0.05, 0) is 17.7 Å². The molecule has 1 aliphatic rings. The standard InChI is InChI=1S/C15H20F3N3O2/c16-12-3-1-2-11(8-12)13(21-4-6-23-7-5-21)14(22)20-10-15(17,18)9-19/h1-3,8,13H,4-7,9-10,19H2,(H,20,22). The number of morpholine rings is 1. The van der Waals surface area contributed by atoms with Crippen LogP contribution in [0.2, 0.25) is 0 Å². The number of nitrogens with zero attached hydrogens (tertiary/aromatic N) is 1. The van der Waals surface area contributed by atoms with Gasteiger partial charge in [-0.1, -0.05) is 12.1 Å². The number of nitrogens with two attached hydrogens (primary N) is 1. The molecule has 0 saturated carbocycles. The maximum atomic E-state index is 13.5. The Morgan fingerprint density at radius 3 is 2.70 bits per heavy atom. The lowest BCUT2D eigenvalue weighted by Gasteiger charge is -2.34. The third-order valence-electron chi connectivity index (χ3n) is 3.64. The van der Waals surface area contributed by atoms with Gasteiger partial charge in [-0.3, -0.25) is 9.69 Å². The summed E-state index contributed by atoms with van der Waals surface area (Å²) in [5.74, 6) is -4.26. The smallest absolute Gasteiger partial charge is 0.277 e. The molecular formula is C15H20F3N3O2. The van der Waals surface area contributed by atoms with Crippen molar-refractivity contribution < 1.29 is 22.7 Å². The van der Waals surface area contributed by atoms with E-state index in [4.69, 9.17) is 10.5 Å². The third kappa shape index (κ3) is 4.92.